The molecular weight excluding hydrogens is 362 g/mol. The van der Waals surface area contributed by atoms with Crippen molar-refractivity contribution in [1.29, 1.82) is 0 Å². The largest absolute Gasteiger partial charge is 0.240 e. The van der Waals surface area contributed by atoms with E-state index in [4.69, 9.17) is 23.2 Å². The minimum absolute atomic E-state index is 0.313. The predicted octanol–water partition coefficient (Wildman–Crippen LogP) is 3.89. The highest BCUT2D eigenvalue weighted by atomic mass is 35.5. The van der Waals surface area contributed by atoms with E-state index in [0.717, 1.165) is 30.3 Å². The second-order valence-electron chi connectivity index (χ2n) is 4.22. The second-order valence-corrected chi connectivity index (χ2v) is 6.77. The summed E-state index contributed by atoms with van der Waals surface area (Å²) in [5.74, 6) is -2.51. The Morgan fingerprint density at radius 2 is 1.55 bits per heavy atom. The number of hydrogen-bond donors (Lipinski definition) is 1. The van der Waals surface area contributed by atoms with Gasteiger partial charge in [0.25, 0.3) is 0 Å². The molecule has 1 N–H and O–H groups in total. The van der Waals surface area contributed by atoms with Crippen LogP contribution in [0.5, 0.6) is 0 Å². The van der Waals surface area contributed by atoms with Crippen LogP contribution >= 0.6 is 23.2 Å². The molecule has 0 radical (unpaired) electrons. The van der Waals surface area contributed by atoms with Gasteiger partial charge in [-0.1, -0.05) is 23.2 Å². The molecule has 2 rings (SSSR count). The van der Waals surface area contributed by atoms with E-state index < -0.39 is 39.0 Å². The zero-order chi connectivity index (χ0) is 16.5. The maximum atomic E-state index is 13.6. The average molecular weight is 370 g/mol. The predicted molar refractivity (Wildman–Crippen MR) is 76.8 cm³/mol. The Morgan fingerprint density at radius 1 is 0.955 bits per heavy atom. The molecule has 0 fully saturated rings. The highest BCUT2D eigenvalue weighted by Gasteiger charge is 2.18. The number of nitrogens with one attached hydrogen (secondary N) is 1. The Balaban J connectivity index is 2.27. The zero-order valence-electron chi connectivity index (χ0n) is 10.7. The molecule has 0 saturated carbocycles. The Morgan fingerprint density at radius 3 is 2.18 bits per heavy atom. The molecule has 2 aromatic carbocycles. The van der Waals surface area contributed by atoms with Gasteiger partial charge in [-0.05, 0) is 30.3 Å². The molecule has 0 saturated heterocycles. The molecule has 0 atom stereocenters. The van der Waals surface area contributed by atoms with Crippen LogP contribution < -0.4 is 4.72 Å². The first-order valence-corrected chi connectivity index (χ1v) is 8.03. The van der Waals surface area contributed by atoms with Crippen molar-refractivity contribution < 1.29 is 21.6 Å². The molecule has 22 heavy (non-hydrogen) atoms. The van der Waals surface area contributed by atoms with Crippen molar-refractivity contribution in [2.24, 2.45) is 0 Å². The van der Waals surface area contributed by atoms with E-state index in [0.29, 0.717) is 0 Å². The van der Waals surface area contributed by atoms with Gasteiger partial charge in [0.15, 0.2) is 0 Å². The fourth-order valence-electron chi connectivity index (χ4n) is 1.63. The summed E-state index contributed by atoms with van der Waals surface area (Å²) in [6.07, 6.45) is 0. The van der Waals surface area contributed by atoms with Crippen molar-refractivity contribution in [2.45, 2.75) is 11.4 Å². The number of halogens is 5. The number of rotatable bonds is 4. The summed E-state index contributed by atoms with van der Waals surface area (Å²) in [6.45, 7) is -0.570. The highest BCUT2D eigenvalue weighted by molar-refractivity contribution is 7.89. The molecule has 0 aromatic heterocycles. The minimum Gasteiger partial charge on any atom is -0.207 e. The van der Waals surface area contributed by atoms with Crippen LogP contribution in [0.4, 0.5) is 13.2 Å². The fourth-order valence-corrected chi connectivity index (χ4v) is 3.11. The van der Waals surface area contributed by atoms with Gasteiger partial charge in [-0.15, -0.1) is 0 Å². The zero-order valence-corrected chi connectivity index (χ0v) is 13.0. The van der Waals surface area contributed by atoms with Crippen molar-refractivity contribution in [3.05, 3.63) is 63.4 Å². The van der Waals surface area contributed by atoms with Crippen LogP contribution in [0, 0.1) is 17.5 Å². The summed E-state index contributed by atoms with van der Waals surface area (Å²) >= 11 is 11.1. The molecule has 0 spiro atoms. The van der Waals surface area contributed by atoms with Gasteiger partial charge in [0.2, 0.25) is 10.0 Å². The molecule has 0 aliphatic carbocycles. The normalized spacial score (nSPS) is 11.7. The maximum Gasteiger partial charge on any atom is 0.240 e. The van der Waals surface area contributed by atoms with Crippen LogP contribution in [0.3, 0.4) is 0 Å². The summed E-state index contributed by atoms with van der Waals surface area (Å²) in [6, 6.07) is 4.44. The maximum absolute atomic E-state index is 13.6. The molecule has 3 nitrogen and oxygen atoms in total. The van der Waals surface area contributed by atoms with E-state index in [1.807, 2.05) is 4.72 Å². The third kappa shape index (κ3) is 3.55. The van der Waals surface area contributed by atoms with Gasteiger partial charge in [-0.25, -0.2) is 26.3 Å². The van der Waals surface area contributed by atoms with Crippen molar-refractivity contribution in [3.63, 3.8) is 0 Å². The lowest BCUT2D eigenvalue weighted by Crippen LogP contribution is -2.24. The van der Waals surface area contributed by atoms with Crippen LogP contribution in [0.25, 0.3) is 0 Å². The van der Waals surface area contributed by atoms with E-state index in [9.17, 15) is 21.6 Å². The lowest BCUT2D eigenvalue weighted by atomic mass is 10.2. The fraction of sp³-hybridized carbons (Fsp3) is 0.0769. The van der Waals surface area contributed by atoms with Crippen molar-refractivity contribution >= 4 is 33.2 Å². The molecule has 118 valence electrons. The standard InChI is InChI=1S/C13H8Cl2F3NO2S/c14-9-5-7(1-2-11(9)17)22(20,21)19-6-8-10(16)3-4-12(18)13(8)15/h1-5,19H,6H2. The van der Waals surface area contributed by atoms with Gasteiger partial charge >= 0.3 is 0 Å². The Bertz CT molecular complexity index is 828. The van der Waals surface area contributed by atoms with Gasteiger partial charge in [0, 0.05) is 12.1 Å². The first-order chi connectivity index (χ1) is 10.2. The molecule has 9 heteroatoms. The molecule has 0 heterocycles. The van der Waals surface area contributed by atoms with Crippen LogP contribution in [-0.2, 0) is 16.6 Å². The monoisotopic (exact) mass is 369 g/mol. The number of hydrogen-bond acceptors (Lipinski definition) is 2. The van der Waals surface area contributed by atoms with Crippen LogP contribution in [0.15, 0.2) is 35.2 Å². The first-order valence-electron chi connectivity index (χ1n) is 5.79. The van der Waals surface area contributed by atoms with Crippen LogP contribution in [0.2, 0.25) is 10.0 Å². The summed E-state index contributed by atoms with van der Waals surface area (Å²) < 4.78 is 66.0. The summed E-state index contributed by atoms with van der Waals surface area (Å²) in [7, 11) is -4.09. The lowest BCUT2D eigenvalue weighted by Gasteiger charge is -2.10. The van der Waals surface area contributed by atoms with E-state index >= 15 is 0 Å². The summed E-state index contributed by atoms with van der Waals surface area (Å²) in [5, 5.41) is -0.891. The Kier molecular flexibility index (Phi) is 5.01. The topological polar surface area (TPSA) is 46.2 Å². The average Bonchev–Trinajstić information content (AvgIpc) is 2.46. The molecule has 2 aromatic rings. The van der Waals surface area contributed by atoms with E-state index in [1.54, 1.807) is 0 Å². The smallest absolute Gasteiger partial charge is 0.207 e. The third-order valence-corrected chi connectivity index (χ3v) is 4.88. The van der Waals surface area contributed by atoms with Gasteiger partial charge in [-0.3, -0.25) is 0 Å². The van der Waals surface area contributed by atoms with E-state index in [1.165, 1.54) is 0 Å². The SMILES string of the molecule is O=S(=O)(NCc1c(F)ccc(F)c1Cl)c1ccc(F)c(Cl)c1. The quantitative estimate of drug-likeness (QED) is 0.831. The van der Waals surface area contributed by atoms with Crippen LogP contribution in [0.1, 0.15) is 5.56 Å². The Labute approximate surface area is 134 Å². The van der Waals surface area contributed by atoms with E-state index in [-0.39, 0.29) is 15.5 Å². The first kappa shape index (κ1) is 17.1. The summed E-state index contributed by atoms with van der Waals surface area (Å²) in [5.41, 5.74) is -0.335. The van der Waals surface area contributed by atoms with E-state index in [2.05, 4.69) is 0 Å². The summed E-state index contributed by atoms with van der Waals surface area (Å²) in [4.78, 5) is -0.313. The van der Waals surface area contributed by atoms with Gasteiger partial charge in [-0.2, -0.15) is 0 Å². The van der Waals surface area contributed by atoms with Gasteiger partial charge < -0.3 is 0 Å². The second kappa shape index (κ2) is 6.45. The molecule has 0 aliphatic rings. The highest BCUT2D eigenvalue weighted by Crippen LogP contribution is 2.24. The molecule has 0 bridgehead atoms. The van der Waals surface area contributed by atoms with Crippen molar-refractivity contribution in [1.82, 2.24) is 4.72 Å². The molecule has 0 aliphatic heterocycles. The van der Waals surface area contributed by atoms with Gasteiger partial charge in [0.05, 0.1) is 14.9 Å². The minimum atomic E-state index is -4.09. The Hall–Kier alpha value is -1.28. The van der Waals surface area contributed by atoms with Crippen molar-refractivity contribution in [3.8, 4) is 0 Å². The van der Waals surface area contributed by atoms with Crippen molar-refractivity contribution in [2.75, 3.05) is 0 Å². The van der Waals surface area contributed by atoms with Gasteiger partial charge in [0.1, 0.15) is 17.5 Å². The lowest BCUT2D eigenvalue weighted by molar-refractivity contribution is 0.567. The third-order valence-electron chi connectivity index (χ3n) is 2.78. The number of sulfonamides is 1. The molecule has 0 amide bonds. The van der Waals surface area contributed by atoms with Crippen LogP contribution in [-0.4, -0.2) is 8.42 Å². The molecular formula is C13H8Cl2F3NO2S. The molecule has 0 unspecified atom stereocenters. The number of benzene rings is 2.